The first-order valence-electron chi connectivity index (χ1n) is 4.39. The van der Waals surface area contributed by atoms with Crippen LogP contribution in [-0.2, 0) is 0 Å². The van der Waals surface area contributed by atoms with Gasteiger partial charge >= 0.3 is 0 Å². The zero-order valence-corrected chi connectivity index (χ0v) is 8.60. The van der Waals surface area contributed by atoms with E-state index in [-0.39, 0.29) is 4.48 Å². The van der Waals surface area contributed by atoms with Crippen molar-refractivity contribution in [2.45, 2.75) is 26.3 Å². The highest BCUT2D eigenvalue weighted by Gasteiger charge is 2.39. The van der Waals surface area contributed by atoms with Crippen LogP contribution in [0.25, 0.3) is 0 Å². The zero-order valence-electron chi connectivity index (χ0n) is 8.60. The molecule has 0 aromatic heterocycles. The minimum Gasteiger partial charge on any atom is -0.498 e. The molecule has 1 unspecified atom stereocenters. The summed E-state index contributed by atoms with van der Waals surface area (Å²) in [5.74, 6) is 0. The zero-order chi connectivity index (χ0) is 10.8. The molecule has 4 nitrogen and oxygen atoms in total. The Morgan fingerprint density at radius 2 is 2.00 bits per heavy atom. The Hall–Kier alpha value is -1.42. The molecule has 0 aromatic rings. The summed E-state index contributed by atoms with van der Waals surface area (Å²) in [6, 6.07) is 0. The molecule has 0 aliphatic carbocycles. The van der Waals surface area contributed by atoms with Gasteiger partial charge in [-0.3, -0.25) is 4.99 Å². The van der Waals surface area contributed by atoms with Crippen molar-refractivity contribution in [3.8, 4) is 0 Å². The second kappa shape index (κ2) is 3.38. The van der Waals surface area contributed by atoms with Crippen LogP contribution in [0.2, 0.25) is 0 Å². The quantitative estimate of drug-likeness (QED) is 0.540. The van der Waals surface area contributed by atoms with Crippen LogP contribution in [0, 0.1) is 0 Å². The summed E-state index contributed by atoms with van der Waals surface area (Å²) in [4.78, 5) is 15.0. The molecule has 1 atom stereocenters. The maximum absolute atomic E-state index is 11.2. The highest BCUT2D eigenvalue weighted by Crippen LogP contribution is 2.27. The number of amides is 1. The first-order valence-corrected chi connectivity index (χ1v) is 4.39. The smallest absolute Gasteiger partial charge is 0.267 e. The number of hydrogen-bond acceptors (Lipinski definition) is 3. The van der Waals surface area contributed by atoms with Gasteiger partial charge in [-0.15, -0.1) is 0 Å². The van der Waals surface area contributed by atoms with Crippen LogP contribution in [0.3, 0.4) is 0 Å². The summed E-state index contributed by atoms with van der Waals surface area (Å²) in [5.41, 5.74) is -0.500. The maximum Gasteiger partial charge on any atom is 0.267 e. The molecule has 4 heteroatoms. The Labute approximate surface area is 83.5 Å². The highest BCUT2D eigenvalue weighted by molar-refractivity contribution is 5.72. The molecule has 1 heterocycles. The lowest BCUT2D eigenvalue weighted by Crippen LogP contribution is -2.61. The van der Waals surface area contributed by atoms with Gasteiger partial charge in [0.15, 0.2) is 0 Å². The fraction of sp³-hybridized carbons (Fsp3) is 0.400. The van der Waals surface area contributed by atoms with Crippen molar-refractivity contribution in [3.05, 3.63) is 24.7 Å². The lowest BCUT2D eigenvalue weighted by atomic mass is 10.0. The molecule has 0 radical (unpaired) electrons. The number of allylic oxidation sites excluding steroid dienone is 1. The van der Waals surface area contributed by atoms with Crippen LogP contribution >= 0.6 is 0 Å². The third-order valence-corrected chi connectivity index (χ3v) is 2.29. The summed E-state index contributed by atoms with van der Waals surface area (Å²) < 4.78 is -0.354. The van der Waals surface area contributed by atoms with Gasteiger partial charge in [-0.1, -0.05) is 0 Å². The normalized spacial score (nSPS) is 26.2. The highest BCUT2D eigenvalue weighted by atomic mass is 16.4. The Balaban J connectivity index is 3.25. The van der Waals surface area contributed by atoms with E-state index in [1.807, 2.05) is 20.8 Å². The summed E-state index contributed by atoms with van der Waals surface area (Å²) in [7, 11) is 0. The molecule has 1 rings (SSSR count). The van der Waals surface area contributed by atoms with Crippen LogP contribution in [0.4, 0.5) is 4.79 Å². The van der Waals surface area contributed by atoms with Crippen LogP contribution in [0.1, 0.15) is 20.8 Å². The molecule has 0 aromatic carbocycles. The summed E-state index contributed by atoms with van der Waals surface area (Å²) in [6.07, 6.45) is 6.54. The van der Waals surface area contributed by atoms with E-state index in [9.17, 15) is 9.90 Å². The van der Waals surface area contributed by atoms with E-state index in [1.165, 1.54) is 12.4 Å². The molecule has 76 valence electrons. The summed E-state index contributed by atoms with van der Waals surface area (Å²) >= 11 is 0. The van der Waals surface area contributed by atoms with E-state index in [1.54, 1.807) is 18.5 Å². The third-order valence-electron chi connectivity index (χ3n) is 2.29. The van der Waals surface area contributed by atoms with E-state index in [0.29, 0.717) is 0 Å². The van der Waals surface area contributed by atoms with Gasteiger partial charge in [-0.2, -0.15) is 0 Å². The topological polar surface area (TPSA) is 52.5 Å². The SMILES string of the molecule is CC(C)(C)[N+]1(C(=O)[O-])C=CC=NC=C1. The summed E-state index contributed by atoms with van der Waals surface area (Å²) in [6.45, 7) is 5.51. The predicted molar refractivity (Wildman–Crippen MR) is 52.2 cm³/mol. The second-order valence-corrected chi connectivity index (χ2v) is 4.15. The molecule has 0 fully saturated rings. The largest absolute Gasteiger partial charge is 0.498 e. The number of quaternary nitrogens is 1. The Morgan fingerprint density at radius 1 is 1.36 bits per heavy atom. The van der Waals surface area contributed by atoms with Crippen molar-refractivity contribution in [2.24, 2.45) is 4.99 Å². The minimum atomic E-state index is -1.16. The van der Waals surface area contributed by atoms with Gasteiger partial charge in [0.05, 0.1) is 6.20 Å². The average molecular weight is 194 g/mol. The van der Waals surface area contributed by atoms with Crippen LogP contribution in [0.15, 0.2) is 29.7 Å². The fourth-order valence-electron chi connectivity index (χ4n) is 1.31. The van der Waals surface area contributed by atoms with Gasteiger partial charge in [0, 0.05) is 12.3 Å². The maximum atomic E-state index is 11.2. The Kier molecular flexibility index (Phi) is 2.57. The van der Waals surface area contributed by atoms with E-state index < -0.39 is 11.6 Å². The van der Waals surface area contributed by atoms with Crippen molar-refractivity contribution in [1.29, 1.82) is 0 Å². The molecular formula is C10H14N2O2. The molecule has 1 aliphatic heterocycles. The predicted octanol–water partition coefficient (Wildman–Crippen LogP) is 1.01. The second-order valence-electron chi connectivity index (χ2n) is 4.15. The van der Waals surface area contributed by atoms with Gasteiger partial charge in [-0.25, -0.2) is 4.48 Å². The number of carbonyl (C=O) groups excluding carboxylic acids is 1. The number of carboxylic acid groups (broad SMARTS) is 1. The Bertz CT molecular complexity index is 306. The van der Waals surface area contributed by atoms with Crippen molar-refractivity contribution < 1.29 is 14.4 Å². The van der Waals surface area contributed by atoms with E-state index >= 15 is 0 Å². The van der Waals surface area contributed by atoms with Crippen molar-refractivity contribution in [2.75, 3.05) is 0 Å². The van der Waals surface area contributed by atoms with Crippen molar-refractivity contribution in [1.82, 2.24) is 0 Å². The van der Waals surface area contributed by atoms with Crippen LogP contribution in [0.5, 0.6) is 0 Å². The molecule has 14 heavy (non-hydrogen) atoms. The lowest BCUT2D eigenvalue weighted by Gasteiger charge is -2.41. The number of aliphatic imine (C=N–C) groups is 1. The number of carbonyl (C=O) groups is 1. The number of nitrogens with zero attached hydrogens (tertiary/aromatic N) is 2. The minimum absolute atomic E-state index is 0.354. The van der Waals surface area contributed by atoms with E-state index in [4.69, 9.17) is 0 Å². The van der Waals surface area contributed by atoms with Gasteiger partial charge in [0.25, 0.3) is 6.09 Å². The van der Waals surface area contributed by atoms with Crippen molar-refractivity contribution >= 4 is 12.3 Å². The summed E-state index contributed by atoms with van der Waals surface area (Å²) in [5, 5.41) is 11.2. The van der Waals surface area contributed by atoms with Gasteiger partial charge in [-0.05, 0) is 20.8 Å². The molecule has 1 aliphatic rings. The third kappa shape index (κ3) is 1.61. The average Bonchev–Trinajstić information content (AvgIpc) is 2.26. The van der Waals surface area contributed by atoms with Crippen molar-refractivity contribution in [3.63, 3.8) is 0 Å². The van der Waals surface area contributed by atoms with E-state index in [0.717, 1.165) is 0 Å². The Morgan fingerprint density at radius 3 is 2.50 bits per heavy atom. The first kappa shape index (κ1) is 10.7. The van der Waals surface area contributed by atoms with Gasteiger partial charge in [0.1, 0.15) is 17.9 Å². The van der Waals surface area contributed by atoms with E-state index in [2.05, 4.69) is 4.99 Å². The molecule has 0 saturated carbocycles. The fourth-order valence-corrected chi connectivity index (χ4v) is 1.31. The molecule has 0 saturated heterocycles. The molecular weight excluding hydrogens is 180 g/mol. The van der Waals surface area contributed by atoms with Crippen LogP contribution in [-0.4, -0.2) is 22.3 Å². The monoisotopic (exact) mass is 194 g/mol. The number of rotatable bonds is 0. The van der Waals surface area contributed by atoms with Gasteiger partial charge < -0.3 is 9.90 Å². The van der Waals surface area contributed by atoms with Crippen LogP contribution < -0.4 is 5.11 Å². The lowest BCUT2D eigenvalue weighted by molar-refractivity contribution is -0.826. The first-order chi connectivity index (χ1) is 6.40. The number of hydrogen-bond donors (Lipinski definition) is 0. The van der Waals surface area contributed by atoms with Gasteiger partial charge in [0.2, 0.25) is 0 Å². The molecule has 0 N–H and O–H groups in total. The molecule has 0 spiro atoms. The molecule has 1 amide bonds. The molecule has 0 bridgehead atoms. The standard InChI is InChI=1S/C10H14N2O2/c1-10(2,3)12(9(13)14)7-4-5-11-6-8-12/h4-8H,1-3H3.